The Kier molecular flexibility index (Phi) is 1.83. The lowest BCUT2D eigenvalue weighted by molar-refractivity contribution is -0.155. The molecular formula is C8H13NO4. The standard InChI is InChI=1S/C8H13NO4/c10-4-3-9-8(1-2-8)5(6(4)11)7(12)13/h4-6,9-11H,1-3H2,(H,12,13). The van der Waals surface area contributed by atoms with Crippen LogP contribution in [0.25, 0.3) is 0 Å². The minimum Gasteiger partial charge on any atom is -0.481 e. The van der Waals surface area contributed by atoms with Crippen LogP contribution in [0.1, 0.15) is 12.8 Å². The molecule has 3 unspecified atom stereocenters. The van der Waals surface area contributed by atoms with E-state index in [4.69, 9.17) is 5.11 Å². The SMILES string of the molecule is O=C(O)C1C(O)C(O)CNC12CC2. The summed E-state index contributed by atoms with van der Waals surface area (Å²) in [5.74, 6) is -1.90. The quantitative estimate of drug-likeness (QED) is 0.403. The number of piperidine rings is 1. The maximum Gasteiger partial charge on any atom is 0.311 e. The van der Waals surface area contributed by atoms with Gasteiger partial charge in [0.2, 0.25) is 0 Å². The highest BCUT2D eigenvalue weighted by Gasteiger charge is 2.59. The summed E-state index contributed by atoms with van der Waals surface area (Å²) in [5, 5.41) is 30.7. The van der Waals surface area contributed by atoms with E-state index in [-0.39, 0.29) is 6.54 Å². The van der Waals surface area contributed by atoms with Gasteiger partial charge in [0.1, 0.15) is 5.92 Å². The molecule has 1 aliphatic carbocycles. The van der Waals surface area contributed by atoms with Crippen LogP contribution in [0.2, 0.25) is 0 Å². The molecule has 5 nitrogen and oxygen atoms in total. The van der Waals surface area contributed by atoms with Crippen molar-refractivity contribution >= 4 is 5.97 Å². The normalized spacial score (nSPS) is 41.8. The number of carbonyl (C=O) groups is 1. The number of aliphatic carboxylic acids is 1. The minimum atomic E-state index is -1.14. The fourth-order valence-corrected chi connectivity index (χ4v) is 2.09. The van der Waals surface area contributed by atoms with E-state index in [1.165, 1.54) is 0 Å². The van der Waals surface area contributed by atoms with Gasteiger partial charge in [-0.05, 0) is 12.8 Å². The molecule has 1 heterocycles. The first-order valence-electron chi connectivity index (χ1n) is 4.41. The number of aliphatic hydroxyl groups excluding tert-OH is 2. The van der Waals surface area contributed by atoms with E-state index in [1.807, 2.05) is 0 Å². The third-order valence-corrected chi connectivity index (χ3v) is 3.05. The fraction of sp³-hybridized carbons (Fsp3) is 0.875. The number of nitrogens with one attached hydrogen (secondary N) is 1. The van der Waals surface area contributed by atoms with Gasteiger partial charge in [0.25, 0.3) is 0 Å². The average molecular weight is 187 g/mol. The molecule has 0 aromatic rings. The first kappa shape index (κ1) is 8.93. The summed E-state index contributed by atoms with van der Waals surface area (Å²) in [7, 11) is 0. The number of hydrogen-bond donors (Lipinski definition) is 4. The fourth-order valence-electron chi connectivity index (χ4n) is 2.09. The molecule has 5 heteroatoms. The Hall–Kier alpha value is -0.650. The van der Waals surface area contributed by atoms with Crippen molar-refractivity contribution in [2.24, 2.45) is 5.92 Å². The third-order valence-electron chi connectivity index (χ3n) is 3.05. The summed E-state index contributed by atoms with van der Waals surface area (Å²) in [6.45, 7) is 0.283. The van der Waals surface area contributed by atoms with Gasteiger partial charge >= 0.3 is 5.97 Å². The van der Waals surface area contributed by atoms with Crippen molar-refractivity contribution in [3.05, 3.63) is 0 Å². The highest BCUT2D eigenvalue weighted by molar-refractivity contribution is 5.74. The molecule has 3 atom stereocenters. The summed E-state index contributed by atoms with van der Waals surface area (Å²) in [4.78, 5) is 10.9. The van der Waals surface area contributed by atoms with Crippen LogP contribution in [-0.4, -0.2) is 45.6 Å². The molecule has 2 fully saturated rings. The number of β-amino-alcohol motifs (C(OH)–C–C–N with tert-alkyl or cyclic N) is 1. The summed E-state index contributed by atoms with van der Waals surface area (Å²) in [6.07, 6.45) is -0.560. The molecule has 1 aliphatic heterocycles. The smallest absolute Gasteiger partial charge is 0.311 e. The topological polar surface area (TPSA) is 89.8 Å². The lowest BCUT2D eigenvalue weighted by Gasteiger charge is -2.37. The number of hydrogen-bond acceptors (Lipinski definition) is 4. The van der Waals surface area contributed by atoms with E-state index in [2.05, 4.69) is 5.32 Å². The van der Waals surface area contributed by atoms with E-state index in [1.54, 1.807) is 0 Å². The largest absolute Gasteiger partial charge is 0.481 e. The van der Waals surface area contributed by atoms with Gasteiger partial charge in [-0.1, -0.05) is 0 Å². The van der Waals surface area contributed by atoms with Gasteiger partial charge < -0.3 is 20.6 Å². The Morgan fingerprint density at radius 1 is 1.38 bits per heavy atom. The van der Waals surface area contributed by atoms with Crippen molar-refractivity contribution in [3.63, 3.8) is 0 Å². The Labute approximate surface area is 75.4 Å². The highest BCUT2D eigenvalue weighted by atomic mass is 16.4. The second kappa shape index (κ2) is 2.67. The maximum atomic E-state index is 10.9. The van der Waals surface area contributed by atoms with Crippen LogP contribution in [0.15, 0.2) is 0 Å². The van der Waals surface area contributed by atoms with E-state index in [0.29, 0.717) is 0 Å². The highest BCUT2D eigenvalue weighted by Crippen LogP contribution is 2.46. The van der Waals surface area contributed by atoms with Crippen molar-refractivity contribution in [1.29, 1.82) is 0 Å². The number of rotatable bonds is 1. The predicted octanol–water partition coefficient (Wildman–Crippen LogP) is -1.46. The van der Waals surface area contributed by atoms with Gasteiger partial charge in [-0.25, -0.2) is 0 Å². The van der Waals surface area contributed by atoms with Gasteiger partial charge in [0, 0.05) is 12.1 Å². The first-order valence-corrected chi connectivity index (χ1v) is 4.41. The van der Waals surface area contributed by atoms with Gasteiger partial charge in [-0.15, -0.1) is 0 Å². The van der Waals surface area contributed by atoms with Crippen LogP contribution in [0, 0.1) is 5.92 Å². The molecule has 1 saturated heterocycles. The number of carboxylic acid groups (broad SMARTS) is 1. The molecule has 1 saturated carbocycles. The zero-order valence-corrected chi connectivity index (χ0v) is 7.10. The molecule has 0 aromatic carbocycles. The molecule has 74 valence electrons. The number of aliphatic hydroxyl groups is 2. The summed E-state index contributed by atoms with van der Waals surface area (Å²) in [5.41, 5.74) is -0.440. The van der Waals surface area contributed by atoms with Gasteiger partial charge in [-0.2, -0.15) is 0 Å². The van der Waals surface area contributed by atoms with Gasteiger partial charge in [0.05, 0.1) is 12.2 Å². The molecular weight excluding hydrogens is 174 g/mol. The van der Waals surface area contributed by atoms with Crippen LogP contribution < -0.4 is 5.32 Å². The van der Waals surface area contributed by atoms with Gasteiger partial charge in [0.15, 0.2) is 0 Å². The van der Waals surface area contributed by atoms with Crippen molar-refractivity contribution < 1.29 is 20.1 Å². The average Bonchev–Trinajstić information content (AvgIpc) is 2.79. The zero-order chi connectivity index (χ0) is 9.64. The van der Waals surface area contributed by atoms with E-state index in [9.17, 15) is 15.0 Å². The second-order valence-corrected chi connectivity index (χ2v) is 3.91. The van der Waals surface area contributed by atoms with Crippen molar-refractivity contribution in [3.8, 4) is 0 Å². The van der Waals surface area contributed by atoms with Crippen molar-refractivity contribution in [2.45, 2.75) is 30.6 Å². The molecule has 0 bridgehead atoms. The first-order chi connectivity index (χ1) is 6.07. The monoisotopic (exact) mass is 187 g/mol. The van der Waals surface area contributed by atoms with Crippen LogP contribution in [0.5, 0.6) is 0 Å². The molecule has 0 aromatic heterocycles. The molecule has 2 aliphatic rings. The Morgan fingerprint density at radius 3 is 2.46 bits per heavy atom. The maximum absolute atomic E-state index is 10.9. The molecule has 2 rings (SSSR count). The number of carboxylic acids is 1. The van der Waals surface area contributed by atoms with Gasteiger partial charge in [-0.3, -0.25) is 4.79 Å². The summed E-state index contributed by atoms with van der Waals surface area (Å²) < 4.78 is 0. The molecule has 0 amide bonds. The third kappa shape index (κ3) is 1.23. The Bertz CT molecular complexity index is 238. The van der Waals surface area contributed by atoms with Crippen molar-refractivity contribution in [2.75, 3.05) is 6.54 Å². The van der Waals surface area contributed by atoms with E-state index < -0.39 is 29.6 Å². The summed E-state index contributed by atoms with van der Waals surface area (Å²) >= 11 is 0. The predicted molar refractivity (Wildman–Crippen MR) is 43.1 cm³/mol. The van der Waals surface area contributed by atoms with Crippen molar-refractivity contribution in [1.82, 2.24) is 5.32 Å². The van der Waals surface area contributed by atoms with E-state index >= 15 is 0 Å². The molecule has 4 N–H and O–H groups in total. The van der Waals surface area contributed by atoms with Crippen LogP contribution in [0.4, 0.5) is 0 Å². The van der Waals surface area contributed by atoms with Crippen LogP contribution >= 0.6 is 0 Å². The second-order valence-electron chi connectivity index (χ2n) is 3.91. The van der Waals surface area contributed by atoms with Crippen LogP contribution in [0.3, 0.4) is 0 Å². The Morgan fingerprint density at radius 2 is 2.00 bits per heavy atom. The lowest BCUT2D eigenvalue weighted by atomic mass is 9.84. The lowest BCUT2D eigenvalue weighted by Crippen LogP contribution is -2.60. The molecule has 13 heavy (non-hydrogen) atoms. The molecule has 0 radical (unpaired) electrons. The van der Waals surface area contributed by atoms with Crippen LogP contribution in [-0.2, 0) is 4.79 Å². The minimum absolute atomic E-state index is 0.283. The molecule has 1 spiro atoms. The Balaban J connectivity index is 2.20. The zero-order valence-electron chi connectivity index (χ0n) is 7.10. The summed E-state index contributed by atoms with van der Waals surface area (Å²) in [6, 6.07) is 0. The van der Waals surface area contributed by atoms with E-state index in [0.717, 1.165) is 12.8 Å².